The molecule has 2 nitrogen and oxygen atoms in total. The van der Waals surface area contributed by atoms with Gasteiger partial charge in [-0.05, 0) is 18.4 Å². The van der Waals surface area contributed by atoms with Gasteiger partial charge in [-0.1, -0.05) is 68.7 Å². The molecule has 0 unspecified atom stereocenters. The lowest BCUT2D eigenvalue weighted by Gasteiger charge is -2.08. The summed E-state index contributed by atoms with van der Waals surface area (Å²) in [7, 11) is 0. The quantitative estimate of drug-likeness (QED) is 0.545. The van der Waals surface area contributed by atoms with Gasteiger partial charge in [-0.25, -0.2) is 0 Å². The first-order chi connectivity index (χ1) is 8.74. The molecule has 0 aromatic heterocycles. The van der Waals surface area contributed by atoms with Gasteiger partial charge in [0.05, 0.1) is 12.2 Å². The first kappa shape index (κ1) is 14.9. The molecule has 0 spiro atoms. The number of unbranched alkanes of at least 4 members (excludes halogenated alkanes) is 2. The third-order valence-electron chi connectivity index (χ3n) is 3.01. The average molecular weight is 248 g/mol. The second kappa shape index (κ2) is 8.90. The summed E-state index contributed by atoms with van der Waals surface area (Å²) >= 11 is 0. The predicted molar refractivity (Wildman–Crippen MR) is 75.3 cm³/mol. The zero-order valence-corrected chi connectivity index (χ0v) is 11.1. The molecular weight excluding hydrogens is 224 g/mol. The zero-order chi connectivity index (χ0) is 13.2. The van der Waals surface area contributed by atoms with Crippen molar-refractivity contribution >= 4 is 0 Å². The van der Waals surface area contributed by atoms with Crippen molar-refractivity contribution in [1.29, 1.82) is 0 Å². The van der Waals surface area contributed by atoms with Crippen molar-refractivity contribution in [3.8, 4) is 0 Å². The fourth-order valence-corrected chi connectivity index (χ4v) is 1.87. The van der Waals surface area contributed by atoms with Gasteiger partial charge in [0.15, 0.2) is 0 Å². The maximum atomic E-state index is 9.88. The van der Waals surface area contributed by atoms with Gasteiger partial charge in [-0.3, -0.25) is 0 Å². The largest absolute Gasteiger partial charge is 0.393 e. The Morgan fingerprint density at radius 2 is 1.83 bits per heavy atom. The molecule has 1 rings (SSSR count). The van der Waals surface area contributed by atoms with Crippen LogP contribution in [0.1, 0.15) is 50.7 Å². The Kier molecular flexibility index (Phi) is 7.38. The molecule has 0 fully saturated rings. The van der Waals surface area contributed by atoms with Gasteiger partial charge in [0.2, 0.25) is 0 Å². The molecule has 100 valence electrons. The molecule has 0 aliphatic carbocycles. The molecule has 0 heterocycles. The Hall–Kier alpha value is -1.12. The minimum atomic E-state index is -0.575. The van der Waals surface area contributed by atoms with Gasteiger partial charge in [0.25, 0.3) is 0 Å². The van der Waals surface area contributed by atoms with Crippen LogP contribution in [0.15, 0.2) is 42.5 Å². The molecular formula is C16H24O2. The second-order valence-electron chi connectivity index (χ2n) is 4.67. The van der Waals surface area contributed by atoms with E-state index < -0.39 is 6.10 Å². The zero-order valence-electron chi connectivity index (χ0n) is 11.1. The highest BCUT2D eigenvalue weighted by molar-refractivity contribution is 5.20. The van der Waals surface area contributed by atoms with Crippen molar-refractivity contribution in [2.45, 2.75) is 51.2 Å². The lowest BCUT2D eigenvalue weighted by Crippen LogP contribution is -2.04. The molecule has 0 aliphatic heterocycles. The van der Waals surface area contributed by atoms with E-state index in [9.17, 15) is 10.2 Å². The van der Waals surface area contributed by atoms with Crippen LogP contribution in [0, 0.1) is 0 Å². The number of hydrogen-bond acceptors (Lipinski definition) is 2. The van der Waals surface area contributed by atoms with Crippen LogP contribution in [0.2, 0.25) is 0 Å². The number of aliphatic hydroxyl groups excluding tert-OH is 2. The summed E-state index contributed by atoms with van der Waals surface area (Å²) in [6, 6.07) is 9.54. The minimum absolute atomic E-state index is 0.282. The molecule has 18 heavy (non-hydrogen) atoms. The Morgan fingerprint density at radius 3 is 2.50 bits per heavy atom. The van der Waals surface area contributed by atoms with Gasteiger partial charge in [0, 0.05) is 0 Å². The first-order valence-electron chi connectivity index (χ1n) is 6.81. The molecule has 0 aliphatic rings. The van der Waals surface area contributed by atoms with Crippen molar-refractivity contribution in [2.24, 2.45) is 0 Å². The third kappa shape index (κ3) is 5.99. The molecule has 0 saturated heterocycles. The molecule has 2 N–H and O–H groups in total. The molecule has 2 heteroatoms. The normalized spacial score (nSPS) is 14.8. The van der Waals surface area contributed by atoms with Crippen LogP contribution in [0.25, 0.3) is 0 Å². The highest BCUT2D eigenvalue weighted by Crippen LogP contribution is 2.14. The number of hydrogen-bond donors (Lipinski definition) is 2. The predicted octanol–water partition coefficient (Wildman–Crippen LogP) is 3.61. The van der Waals surface area contributed by atoms with Crippen LogP contribution in [0.3, 0.4) is 0 Å². The first-order valence-corrected chi connectivity index (χ1v) is 6.81. The summed E-state index contributed by atoms with van der Waals surface area (Å²) in [6.45, 7) is 2.16. The smallest absolute Gasteiger partial charge is 0.0971 e. The van der Waals surface area contributed by atoms with Crippen LogP contribution >= 0.6 is 0 Å². The molecule has 1 aromatic rings. The van der Waals surface area contributed by atoms with E-state index >= 15 is 0 Å². The van der Waals surface area contributed by atoms with Crippen molar-refractivity contribution < 1.29 is 10.2 Å². The summed E-state index contributed by atoms with van der Waals surface area (Å²) in [5.74, 6) is 0. The Balaban J connectivity index is 2.27. The fourth-order valence-electron chi connectivity index (χ4n) is 1.87. The van der Waals surface area contributed by atoms with E-state index in [1.165, 1.54) is 12.8 Å². The summed E-state index contributed by atoms with van der Waals surface area (Å²) in [6.07, 6.45) is 7.65. The van der Waals surface area contributed by atoms with Gasteiger partial charge in [-0.15, -0.1) is 0 Å². The van der Waals surface area contributed by atoms with Gasteiger partial charge in [0.1, 0.15) is 0 Å². The van der Waals surface area contributed by atoms with Crippen LogP contribution in [-0.2, 0) is 0 Å². The maximum absolute atomic E-state index is 9.88. The summed E-state index contributed by atoms with van der Waals surface area (Å²) < 4.78 is 0. The van der Waals surface area contributed by atoms with Crippen molar-refractivity contribution in [3.63, 3.8) is 0 Å². The Bertz CT molecular complexity index is 332. The lowest BCUT2D eigenvalue weighted by atomic mass is 10.1. The second-order valence-corrected chi connectivity index (χ2v) is 4.67. The average Bonchev–Trinajstić information content (AvgIpc) is 2.40. The van der Waals surface area contributed by atoms with Gasteiger partial charge < -0.3 is 10.2 Å². The number of rotatable bonds is 8. The van der Waals surface area contributed by atoms with E-state index in [2.05, 4.69) is 6.92 Å². The van der Waals surface area contributed by atoms with Gasteiger partial charge >= 0.3 is 0 Å². The van der Waals surface area contributed by atoms with E-state index in [0.717, 1.165) is 18.4 Å². The summed E-state index contributed by atoms with van der Waals surface area (Å²) in [5.41, 5.74) is 0.884. The molecule has 1 aromatic carbocycles. The van der Waals surface area contributed by atoms with E-state index in [4.69, 9.17) is 0 Å². The SMILES string of the molecule is CCCCC[C@@H](O)C/C=C/[C@@H](O)c1ccccc1. The van der Waals surface area contributed by atoms with Crippen molar-refractivity contribution in [3.05, 3.63) is 48.0 Å². The third-order valence-corrected chi connectivity index (χ3v) is 3.01. The minimum Gasteiger partial charge on any atom is -0.393 e. The molecule has 2 atom stereocenters. The Labute approximate surface area is 110 Å². The van der Waals surface area contributed by atoms with E-state index in [-0.39, 0.29) is 6.10 Å². The fraction of sp³-hybridized carbons (Fsp3) is 0.500. The van der Waals surface area contributed by atoms with Crippen LogP contribution in [0.4, 0.5) is 0 Å². The molecule has 0 bridgehead atoms. The monoisotopic (exact) mass is 248 g/mol. The lowest BCUT2D eigenvalue weighted by molar-refractivity contribution is 0.163. The highest BCUT2D eigenvalue weighted by Gasteiger charge is 2.03. The van der Waals surface area contributed by atoms with Crippen LogP contribution in [-0.4, -0.2) is 16.3 Å². The molecule has 0 radical (unpaired) electrons. The van der Waals surface area contributed by atoms with E-state index in [1.54, 1.807) is 6.08 Å². The Morgan fingerprint density at radius 1 is 1.11 bits per heavy atom. The van der Waals surface area contributed by atoms with Gasteiger partial charge in [-0.2, -0.15) is 0 Å². The highest BCUT2D eigenvalue weighted by atomic mass is 16.3. The number of aliphatic hydroxyl groups is 2. The van der Waals surface area contributed by atoms with E-state index in [1.807, 2.05) is 36.4 Å². The van der Waals surface area contributed by atoms with Crippen LogP contribution < -0.4 is 0 Å². The topological polar surface area (TPSA) is 40.5 Å². The summed E-state index contributed by atoms with van der Waals surface area (Å²) in [4.78, 5) is 0. The summed E-state index contributed by atoms with van der Waals surface area (Å²) in [5, 5.41) is 19.6. The van der Waals surface area contributed by atoms with Crippen molar-refractivity contribution in [1.82, 2.24) is 0 Å². The molecule has 0 saturated carbocycles. The molecule has 0 amide bonds. The van der Waals surface area contributed by atoms with Crippen LogP contribution in [0.5, 0.6) is 0 Å². The maximum Gasteiger partial charge on any atom is 0.0971 e. The number of benzene rings is 1. The standard InChI is InChI=1S/C16H24O2/c1-2-3-5-11-15(17)12-8-13-16(18)14-9-6-4-7-10-14/h4,6-10,13,15-18H,2-3,5,11-12H2,1H3/b13-8+/t15-,16-/m1/s1. The van der Waals surface area contributed by atoms with E-state index in [0.29, 0.717) is 6.42 Å². The van der Waals surface area contributed by atoms with Crippen molar-refractivity contribution in [2.75, 3.05) is 0 Å².